The lowest BCUT2D eigenvalue weighted by Crippen LogP contribution is -2.42. The fourth-order valence-electron chi connectivity index (χ4n) is 2.90. The van der Waals surface area contributed by atoms with Crippen molar-refractivity contribution < 1.29 is 8.42 Å². The first-order valence-corrected chi connectivity index (χ1v) is 11.4. The summed E-state index contributed by atoms with van der Waals surface area (Å²) in [5.41, 5.74) is 1.99. The molecule has 0 heterocycles. The number of hydrogen-bond acceptors (Lipinski definition) is 3. The molecule has 2 rings (SSSR count). The van der Waals surface area contributed by atoms with Gasteiger partial charge in [0.15, 0.2) is 5.96 Å². The maximum Gasteiger partial charge on any atom is 0.242 e. The molecule has 1 atom stereocenters. The minimum atomic E-state index is -3.51. The fraction of sp³-hybridized carbons (Fsp3) is 0.409. The molecule has 158 valence electrons. The molecule has 0 amide bonds. The van der Waals surface area contributed by atoms with E-state index in [-0.39, 0.29) is 12.6 Å². The molecule has 7 heteroatoms. The smallest absolute Gasteiger partial charge is 0.242 e. The number of aryl methyl sites for hydroxylation is 1. The molecule has 0 saturated heterocycles. The molecular formula is C22H32N4O2S. The van der Waals surface area contributed by atoms with Crippen molar-refractivity contribution >= 4 is 16.0 Å². The van der Waals surface area contributed by atoms with Crippen LogP contribution < -0.4 is 10.6 Å². The molecule has 0 aromatic heterocycles. The van der Waals surface area contributed by atoms with E-state index >= 15 is 0 Å². The maximum absolute atomic E-state index is 12.6. The highest BCUT2D eigenvalue weighted by Crippen LogP contribution is 2.19. The molecule has 1 unspecified atom stereocenters. The second kappa shape index (κ2) is 11.0. The normalized spacial score (nSPS) is 13.3. The van der Waals surface area contributed by atoms with Crippen LogP contribution in [-0.2, 0) is 23.0 Å². The van der Waals surface area contributed by atoms with Crippen LogP contribution in [0, 0.1) is 0 Å². The molecule has 0 aliphatic rings. The summed E-state index contributed by atoms with van der Waals surface area (Å²) >= 11 is 0. The lowest BCUT2D eigenvalue weighted by Gasteiger charge is -2.18. The first-order valence-electron chi connectivity index (χ1n) is 9.93. The number of hydrogen-bond donors (Lipinski definition) is 2. The summed E-state index contributed by atoms with van der Waals surface area (Å²) in [4.78, 5) is 4.92. The van der Waals surface area contributed by atoms with E-state index < -0.39 is 10.0 Å². The summed E-state index contributed by atoms with van der Waals surface area (Å²) in [5.74, 6) is 0.685. The summed E-state index contributed by atoms with van der Waals surface area (Å²) in [6.45, 7) is 5.15. The Morgan fingerprint density at radius 2 is 1.72 bits per heavy atom. The van der Waals surface area contributed by atoms with Crippen LogP contribution >= 0.6 is 0 Å². The third kappa shape index (κ3) is 6.87. The number of rotatable bonds is 9. The van der Waals surface area contributed by atoms with Gasteiger partial charge in [-0.1, -0.05) is 48.5 Å². The number of nitrogens with one attached hydrogen (secondary N) is 2. The van der Waals surface area contributed by atoms with Crippen LogP contribution in [0.5, 0.6) is 0 Å². The molecule has 6 nitrogen and oxygen atoms in total. The van der Waals surface area contributed by atoms with Crippen molar-refractivity contribution in [1.29, 1.82) is 0 Å². The Morgan fingerprint density at radius 3 is 2.38 bits per heavy atom. The van der Waals surface area contributed by atoms with Crippen LogP contribution in [0.4, 0.5) is 0 Å². The van der Waals surface area contributed by atoms with E-state index in [0.717, 1.165) is 19.4 Å². The lowest BCUT2D eigenvalue weighted by molar-refractivity contribution is 0.519. The van der Waals surface area contributed by atoms with Gasteiger partial charge < -0.3 is 10.6 Å². The van der Waals surface area contributed by atoms with Gasteiger partial charge in [0.1, 0.15) is 0 Å². The Morgan fingerprint density at radius 1 is 1.07 bits per heavy atom. The van der Waals surface area contributed by atoms with Crippen LogP contribution in [0.15, 0.2) is 64.5 Å². The number of sulfonamides is 1. The van der Waals surface area contributed by atoms with Crippen LogP contribution in [-0.4, -0.2) is 45.4 Å². The number of guanidine groups is 1. The van der Waals surface area contributed by atoms with Gasteiger partial charge >= 0.3 is 0 Å². The predicted octanol–water partition coefficient (Wildman–Crippen LogP) is 3.01. The maximum atomic E-state index is 12.6. The zero-order valence-corrected chi connectivity index (χ0v) is 18.5. The SMILES string of the molecule is CCNC(=NCc1ccccc1S(=O)(=O)N(C)C)NC(C)CCc1ccccc1. The summed E-state index contributed by atoms with van der Waals surface area (Å²) in [5, 5.41) is 6.66. The van der Waals surface area contributed by atoms with Crippen molar-refractivity contribution in [2.24, 2.45) is 4.99 Å². The summed E-state index contributed by atoms with van der Waals surface area (Å²) < 4.78 is 26.4. The lowest BCUT2D eigenvalue weighted by atomic mass is 10.1. The van der Waals surface area contributed by atoms with Gasteiger partial charge in [0, 0.05) is 26.7 Å². The van der Waals surface area contributed by atoms with E-state index in [0.29, 0.717) is 16.4 Å². The van der Waals surface area contributed by atoms with Crippen molar-refractivity contribution in [3.8, 4) is 0 Å². The largest absolute Gasteiger partial charge is 0.357 e. The van der Waals surface area contributed by atoms with Crippen LogP contribution in [0.1, 0.15) is 31.4 Å². The van der Waals surface area contributed by atoms with E-state index in [1.807, 2.05) is 25.1 Å². The third-order valence-electron chi connectivity index (χ3n) is 4.57. The zero-order chi connectivity index (χ0) is 21.3. The quantitative estimate of drug-likeness (QED) is 0.487. The predicted molar refractivity (Wildman–Crippen MR) is 119 cm³/mol. The van der Waals surface area contributed by atoms with Gasteiger partial charge in [0.2, 0.25) is 10.0 Å². The van der Waals surface area contributed by atoms with Gasteiger partial charge in [0.25, 0.3) is 0 Å². The number of nitrogens with zero attached hydrogens (tertiary/aromatic N) is 2. The molecule has 0 fully saturated rings. The highest BCUT2D eigenvalue weighted by molar-refractivity contribution is 7.89. The van der Waals surface area contributed by atoms with E-state index in [1.54, 1.807) is 12.1 Å². The van der Waals surface area contributed by atoms with Gasteiger partial charge in [-0.15, -0.1) is 0 Å². The van der Waals surface area contributed by atoms with Crippen LogP contribution in [0.2, 0.25) is 0 Å². The van der Waals surface area contributed by atoms with E-state index in [2.05, 4.69) is 46.8 Å². The molecule has 2 N–H and O–H groups in total. The first kappa shape index (κ1) is 22.9. The third-order valence-corrected chi connectivity index (χ3v) is 6.49. The zero-order valence-electron chi connectivity index (χ0n) is 17.7. The summed E-state index contributed by atoms with van der Waals surface area (Å²) in [7, 11) is -0.433. The average molecular weight is 417 g/mol. The number of aliphatic imine (C=N–C) groups is 1. The highest BCUT2D eigenvalue weighted by Gasteiger charge is 2.20. The summed E-state index contributed by atoms with van der Waals surface area (Å²) in [6, 6.07) is 17.6. The minimum Gasteiger partial charge on any atom is -0.357 e. The second-order valence-corrected chi connectivity index (χ2v) is 9.28. The molecule has 0 saturated carbocycles. The van der Waals surface area contributed by atoms with Gasteiger partial charge in [-0.05, 0) is 43.9 Å². The fourth-order valence-corrected chi connectivity index (χ4v) is 4.01. The summed E-state index contributed by atoms with van der Waals surface area (Å²) in [6.07, 6.45) is 1.96. The molecule has 29 heavy (non-hydrogen) atoms. The average Bonchev–Trinajstić information content (AvgIpc) is 2.71. The van der Waals surface area contributed by atoms with Crippen molar-refractivity contribution in [2.75, 3.05) is 20.6 Å². The standard InChI is InChI=1S/C22H32N4O2S/c1-5-23-22(25-18(2)15-16-19-11-7-6-8-12-19)24-17-20-13-9-10-14-21(20)29(27,28)26(3)4/h6-14,18H,5,15-17H2,1-4H3,(H2,23,24,25). The second-order valence-electron chi connectivity index (χ2n) is 7.16. The first-order chi connectivity index (χ1) is 13.8. The monoisotopic (exact) mass is 416 g/mol. The van der Waals surface area contributed by atoms with Crippen molar-refractivity contribution in [2.45, 2.75) is 44.2 Å². The van der Waals surface area contributed by atoms with E-state index in [4.69, 9.17) is 0 Å². The Hall–Kier alpha value is -2.38. The van der Waals surface area contributed by atoms with Crippen molar-refractivity contribution in [3.05, 3.63) is 65.7 Å². The molecule has 0 aliphatic heterocycles. The van der Waals surface area contributed by atoms with Crippen molar-refractivity contribution in [3.63, 3.8) is 0 Å². The minimum absolute atomic E-state index is 0.230. The Kier molecular flexibility index (Phi) is 8.67. The molecule has 2 aromatic rings. The molecule has 0 bridgehead atoms. The van der Waals surface area contributed by atoms with Crippen LogP contribution in [0.3, 0.4) is 0 Å². The Bertz CT molecular complexity index is 896. The van der Waals surface area contributed by atoms with Gasteiger partial charge in [-0.25, -0.2) is 17.7 Å². The van der Waals surface area contributed by atoms with E-state index in [1.165, 1.54) is 24.0 Å². The van der Waals surface area contributed by atoms with Gasteiger partial charge in [-0.3, -0.25) is 0 Å². The highest BCUT2D eigenvalue weighted by atomic mass is 32.2. The van der Waals surface area contributed by atoms with Crippen molar-refractivity contribution in [1.82, 2.24) is 14.9 Å². The molecule has 0 radical (unpaired) electrons. The molecule has 0 spiro atoms. The Balaban J connectivity index is 2.08. The molecular weight excluding hydrogens is 384 g/mol. The topological polar surface area (TPSA) is 73.8 Å². The van der Waals surface area contributed by atoms with Crippen LogP contribution in [0.25, 0.3) is 0 Å². The number of benzene rings is 2. The molecule has 0 aliphatic carbocycles. The van der Waals surface area contributed by atoms with Gasteiger partial charge in [0.05, 0.1) is 11.4 Å². The van der Waals surface area contributed by atoms with Gasteiger partial charge in [-0.2, -0.15) is 0 Å². The van der Waals surface area contributed by atoms with E-state index in [9.17, 15) is 8.42 Å². The molecule has 2 aromatic carbocycles. The Labute approximate surface area is 175 Å².